The minimum atomic E-state index is -3.14. The van der Waals surface area contributed by atoms with E-state index in [0.29, 0.717) is 25.9 Å². The zero-order chi connectivity index (χ0) is 15.5. The highest BCUT2D eigenvalue weighted by atomic mass is 32.2. The molecule has 0 bridgehead atoms. The summed E-state index contributed by atoms with van der Waals surface area (Å²) in [6.07, 6.45) is 4.11. The molecule has 122 valence electrons. The maximum Gasteiger partial charge on any atom is 0.223 e. The van der Waals surface area contributed by atoms with E-state index in [-0.39, 0.29) is 36.1 Å². The molecule has 1 saturated carbocycles. The van der Waals surface area contributed by atoms with Gasteiger partial charge in [0.1, 0.15) is 0 Å². The molecule has 0 aromatic rings. The third kappa shape index (κ3) is 3.96. The summed E-state index contributed by atoms with van der Waals surface area (Å²) in [5.74, 6) is 0.209. The topological polar surface area (TPSA) is 86.7 Å². The summed E-state index contributed by atoms with van der Waals surface area (Å²) in [7, 11) is -3.14. The number of amides is 1. The van der Waals surface area contributed by atoms with Gasteiger partial charge >= 0.3 is 0 Å². The standard InChI is InChI=1S/C14H26N2O4S/c1-2-21(19,20)16-8-6-11(7-9-16)14(18)15-13-5-3-4-12(13)10-17/h11-13,17H,2-10H2,1H3,(H,15,18). The summed E-state index contributed by atoms with van der Waals surface area (Å²) >= 11 is 0. The highest BCUT2D eigenvalue weighted by Gasteiger charge is 2.33. The maximum atomic E-state index is 12.3. The fourth-order valence-electron chi connectivity index (χ4n) is 3.32. The molecule has 2 N–H and O–H groups in total. The van der Waals surface area contributed by atoms with Crippen LogP contribution >= 0.6 is 0 Å². The van der Waals surface area contributed by atoms with E-state index in [2.05, 4.69) is 5.32 Å². The van der Waals surface area contributed by atoms with Gasteiger partial charge in [-0.05, 0) is 32.6 Å². The van der Waals surface area contributed by atoms with Crippen LogP contribution < -0.4 is 5.32 Å². The average molecular weight is 318 g/mol. The molecular weight excluding hydrogens is 292 g/mol. The summed E-state index contributed by atoms with van der Waals surface area (Å²) < 4.78 is 25.1. The number of carbonyl (C=O) groups is 1. The smallest absolute Gasteiger partial charge is 0.223 e. The fraction of sp³-hybridized carbons (Fsp3) is 0.929. The van der Waals surface area contributed by atoms with Gasteiger partial charge in [-0.1, -0.05) is 6.42 Å². The van der Waals surface area contributed by atoms with Gasteiger partial charge in [-0.3, -0.25) is 4.79 Å². The van der Waals surface area contributed by atoms with Crippen molar-refractivity contribution in [1.29, 1.82) is 0 Å². The molecule has 2 aliphatic rings. The van der Waals surface area contributed by atoms with Crippen molar-refractivity contribution >= 4 is 15.9 Å². The molecule has 1 saturated heterocycles. The Balaban J connectivity index is 1.83. The van der Waals surface area contributed by atoms with Gasteiger partial charge in [0.15, 0.2) is 0 Å². The van der Waals surface area contributed by atoms with Gasteiger partial charge in [-0.15, -0.1) is 0 Å². The van der Waals surface area contributed by atoms with E-state index >= 15 is 0 Å². The maximum absolute atomic E-state index is 12.3. The second-order valence-electron chi connectivity index (χ2n) is 6.06. The third-order valence-electron chi connectivity index (χ3n) is 4.80. The van der Waals surface area contributed by atoms with Gasteiger partial charge in [0.25, 0.3) is 0 Å². The molecule has 1 amide bonds. The quantitative estimate of drug-likeness (QED) is 0.764. The van der Waals surface area contributed by atoms with Gasteiger partial charge in [-0.25, -0.2) is 12.7 Å². The van der Waals surface area contributed by atoms with Crippen molar-refractivity contribution in [2.75, 3.05) is 25.4 Å². The molecule has 1 heterocycles. The summed E-state index contributed by atoms with van der Waals surface area (Å²) in [6.45, 7) is 2.63. The molecule has 0 aromatic heterocycles. The first kappa shape index (κ1) is 16.7. The first-order chi connectivity index (χ1) is 9.97. The second-order valence-corrected chi connectivity index (χ2v) is 8.32. The molecule has 2 atom stereocenters. The zero-order valence-corrected chi connectivity index (χ0v) is 13.4. The number of nitrogens with one attached hydrogen (secondary N) is 1. The molecular formula is C14H26N2O4S. The number of carbonyl (C=O) groups excluding carboxylic acids is 1. The Morgan fingerprint density at radius 1 is 1.24 bits per heavy atom. The van der Waals surface area contributed by atoms with E-state index < -0.39 is 10.0 Å². The van der Waals surface area contributed by atoms with Crippen LogP contribution in [0.15, 0.2) is 0 Å². The second kappa shape index (κ2) is 7.07. The number of sulfonamides is 1. The van der Waals surface area contributed by atoms with Gasteiger partial charge in [0, 0.05) is 37.6 Å². The third-order valence-corrected chi connectivity index (χ3v) is 6.69. The minimum Gasteiger partial charge on any atom is -0.396 e. The largest absolute Gasteiger partial charge is 0.396 e. The van der Waals surface area contributed by atoms with E-state index in [1.807, 2.05) is 0 Å². The van der Waals surface area contributed by atoms with Crippen LogP contribution in [0.5, 0.6) is 0 Å². The number of rotatable bonds is 5. The van der Waals surface area contributed by atoms with E-state index in [1.54, 1.807) is 6.92 Å². The first-order valence-corrected chi connectivity index (χ1v) is 9.48. The van der Waals surface area contributed by atoms with Crippen LogP contribution in [0.4, 0.5) is 0 Å². The first-order valence-electron chi connectivity index (χ1n) is 7.87. The van der Waals surface area contributed by atoms with Crippen molar-refractivity contribution < 1.29 is 18.3 Å². The molecule has 2 unspecified atom stereocenters. The molecule has 0 aromatic carbocycles. The molecule has 2 rings (SSSR count). The van der Waals surface area contributed by atoms with Crippen molar-refractivity contribution in [1.82, 2.24) is 9.62 Å². The predicted molar refractivity (Wildman–Crippen MR) is 80.1 cm³/mol. The van der Waals surface area contributed by atoms with Crippen molar-refractivity contribution in [3.63, 3.8) is 0 Å². The Labute approximate surface area is 126 Å². The number of hydrogen-bond acceptors (Lipinski definition) is 4. The van der Waals surface area contributed by atoms with Crippen LogP contribution in [0, 0.1) is 11.8 Å². The lowest BCUT2D eigenvalue weighted by Crippen LogP contribution is -2.46. The average Bonchev–Trinajstić information content (AvgIpc) is 2.94. The summed E-state index contributed by atoms with van der Waals surface area (Å²) in [5, 5.41) is 12.3. The Kier molecular flexibility index (Phi) is 5.62. The van der Waals surface area contributed by atoms with Crippen molar-refractivity contribution in [3.05, 3.63) is 0 Å². The van der Waals surface area contributed by atoms with Crippen LogP contribution in [0.25, 0.3) is 0 Å². The Bertz CT molecular complexity index is 458. The SMILES string of the molecule is CCS(=O)(=O)N1CCC(C(=O)NC2CCCC2CO)CC1. The summed E-state index contributed by atoms with van der Waals surface area (Å²) in [6, 6.07) is 0.0832. The van der Waals surface area contributed by atoms with Crippen molar-refractivity contribution in [2.24, 2.45) is 11.8 Å². The Hall–Kier alpha value is -0.660. The Morgan fingerprint density at radius 3 is 2.48 bits per heavy atom. The van der Waals surface area contributed by atoms with E-state index in [1.165, 1.54) is 4.31 Å². The van der Waals surface area contributed by atoms with E-state index in [4.69, 9.17) is 0 Å². The number of nitrogens with zero attached hydrogens (tertiary/aromatic N) is 1. The van der Waals surface area contributed by atoms with E-state index in [0.717, 1.165) is 19.3 Å². The molecule has 21 heavy (non-hydrogen) atoms. The monoisotopic (exact) mass is 318 g/mol. The van der Waals surface area contributed by atoms with Crippen molar-refractivity contribution in [2.45, 2.75) is 45.1 Å². The zero-order valence-electron chi connectivity index (χ0n) is 12.6. The van der Waals surface area contributed by atoms with E-state index in [9.17, 15) is 18.3 Å². The molecule has 6 nitrogen and oxygen atoms in total. The van der Waals surface area contributed by atoms with Gasteiger partial charge in [0.2, 0.25) is 15.9 Å². The van der Waals surface area contributed by atoms with Gasteiger partial charge in [0.05, 0.1) is 5.75 Å². The number of aliphatic hydroxyl groups is 1. The fourth-order valence-corrected chi connectivity index (χ4v) is 4.46. The molecule has 1 aliphatic carbocycles. The molecule has 7 heteroatoms. The normalized spacial score (nSPS) is 28.7. The highest BCUT2D eigenvalue weighted by Crippen LogP contribution is 2.26. The molecule has 2 fully saturated rings. The van der Waals surface area contributed by atoms with Crippen LogP contribution in [0.2, 0.25) is 0 Å². The number of piperidine rings is 1. The van der Waals surface area contributed by atoms with Crippen LogP contribution in [0.3, 0.4) is 0 Å². The highest BCUT2D eigenvalue weighted by molar-refractivity contribution is 7.89. The van der Waals surface area contributed by atoms with Gasteiger partial charge in [-0.2, -0.15) is 0 Å². The van der Waals surface area contributed by atoms with Crippen LogP contribution in [-0.2, 0) is 14.8 Å². The lowest BCUT2D eigenvalue weighted by atomic mass is 9.96. The van der Waals surface area contributed by atoms with Crippen molar-refractivity contribution in [3.8, 4) is 0 Å². The van der Waals surface area contributed by atoms with Gasteiger partial charge < -0.3 is 10.4 Å². The number of aliphatic hydroxyl groups excluding tert-OH is 1. The lowest BCUT2D eigenvalue weighted by Gasteiger charge is -2.31. The Morgan fingerprint density at radius 2 is 1.90 bits per heavy atom. The van der Waals surface area contributed by atoms with Crippen LogP contribution in [0.1, 0.15) is 39.0 Å². The predicted octanol–water partition coefficient (Wildman–Crippen LogP) is 0.325. The number of hydrogen-bond donors (Lipinski definition) is 2. The summed E-state index contributed by atoms with van der Waals surface area (Å²) in [5.41, 5.74) is 0. The molecule has 1 aliphatic heterocycles. The molecule has 0 spiro atoms. The molecule has 0 radical (unpaired) electrons. The van der Waals surface area contributed by atoms with Crippen LogP contribution in [-0.4, -0.2) is 55.2 Å². The minimum absolute atomic E-state index is 0.0221. The lowest BCUT2D eigenvalue weighted by molar-refractivity contribution is -0.127. The summed E-state index contributed by atoms with van der Waals surface area (Å²) in [4.78, 5) is 12.3.